The van der Waals surface area contributed by atoms with Crippen LogP contribution < -0.4 is 11.5 Å². The number of benzene rings is 3. The van der Waals surface area contributed by atoms with Crippen molar-refractivity contribution in [2.24, 2.45) is 0 Å². The summed E-state index contributed by atoms with van der Waals surface area (Å²) in [5, 5.41) is 0. The molecule has 0 aliphatic rings. The van der Waals surface area contributed by atoms with Crippen LogP contribution in [-0.2, 0) is 17.9 Å². The Bertz CT molecular complexity index is 1210. The molecule has 0 aliphatic carbocycles. The Morgan fingerprint density at radius 3 is 2.41 bits per heavy atom. The third-order valence-electron chi connectivity index (χ3n) is 4.89. The first-order valence-electron chi connectivity index (χ1n) is 9.28. The van der Waals surface area contributed by atoms with Crippen molar-refractivity contribution >= 4 is 22.7 Å². The highest BCUT2D eigenvalue weighted by Gasteiger charge is 2.16. The van der Waals surface area contributed by atoms with Gasteiger partial charge in [-0.3, -0.25) is 9.36 Å². The predicted molar refractivity (Wildman–Crippen MR) is 113 cm³/mol. The molecule has 0 radical (unpaired) electrons. The van der Waals surface area contributed by atoms with Crippen LogP contribution in [0.2, 0.25) is 0 Å². The van der Waals surface area contributed by atoms with Gasteiger partial charge < -0.3 is 15.1 Å². The summed E-state index contributed by atoms with van der Waals surface area (Å²) in [5.74, 6) is -0.715. The van der Waals surface area contributed by atoms with Crippen LogP contribution in [0.5, 0.6) is 0 Å². The van der Waals surface area contributed by atoms with Crippen molar-refractivity contribution in [1.29, 1.82) is 0 Å². The number of nitrogen functional groups attached to an aromatic ring is 1. The normalized spacial score (nSPS) is 10.9. The largest absolute Gasteiger partial charge is 0.420 e. The van der Waals surface area contributed by atoms with Crippen molar-refractivity contribution in [1.82, 2.24) is 9.47 Å². The minimum atomic E-state index is -0.545. The molecule has 0 atom stereocenters. The lowest BCUT2D eigenvalue weighted by molar-refractivity contribution is -0.131. The summed E-state index contributed by atoms with van der Waals surface area (Å²) >= 11 is 0. The molecule has 0 unspecified atom stereocenters. The third-order valence-corrected chi connectivity index (χ3v) is 4.89. The highest BCUT2D eigenvalue weighted by atomic mass is 16.4. The number of hydrogen-bond donors (Lipinski definition) is 1. The van der Waals surface area contributed by atoms with Gasteiger partial charge in [-0.2, -0.15) is 0 Å². The monoisotopic (exact) mass is 387 g/mol. The van der Waals surface area contributed by atoms with Gasteiger partial charge in [0.25, 0.3) is 0 Å². The molecule has 1 aromatic heterocycles. The number of nitrogens with zero attached hydrogens (tertiary/aromatic N) is 2. The topological polar surface area (TPSA) is 81.5 Å². The van der Waals surface area contributed by atoms with E-state index in [4.69, 9.17) is 10.2 Å². The number of amides is 1. The molecule has 3 aromatic carbocycles. The fraction of sp³-hybridized carbons (Fsp3) is 0.130. The van der Waals surface area contributed by atoms with Crippen LogP contribution in [0.4, 0.5) is 5.69 Å². The second-order valence-electron chi connectivity index (χ2n) is 6.99. The van der Waals surface area contributed by atoms with Crippen molar-refractivity contribution in [3.8, 4) is 11.1 Å². The summed E-state index contributed by atoms with van der Waals surface area (Å²) < 4.78 is 6.70. The van der Waals surface area contributed by atoms with Gasteiger partial charge in [-0.25, -0.2) is 4.79 Å². The SMILES string of the molecule is CN(Cc1ccccc1)C(=O)Cn1c(=O)oc2ccc(-c3ccc(N)cc3)cc21. The van der Waals surface area contributed by atoms with E-state index >= 15 is 0 Å². The van der Waals surface area contributed by atoms with E-state index in [1.165, 1.54) is 4.57 Å². The lowest BCUT2D eigenvalue weighted by atomic mass is 10.0. The van der Waals surface area contributed by atoms with Crippen LogP contribution in [0.25, 0.3) is 22.2 Å². The minimum Gasteiger partial charge on any atom is -0.408 e. The summed E-state index contributed by atoms with van der Waals surface area (Å²) in [4.78, 5) is 26.7. The van der Waals surface area contributed by atoms with Gasteiger partial charge in [-0.15, -0.1) is 0 Å². The smallest absolute Gasteiger partial charge is 0.408 e. The molecular formula is C23H21N3O3. The minimum absolute atomic E-state index is 0.0830. The van der Waals surface area contributed by atoms with Crippen molar-refractivity contribution in [3.05, 3.63) is 88.9 Å². The standard InChI is InChI=1S/C23H21N3O3/c1-25(14-16-5-3-2-4-6-16)22(27)15-26-20-13-18(9-12-21(20)29-23(26)28)17-7-10-19(24)11-8-17/h2-13H,14-15,24H2,1H3. The van der Waals surface area contributed by atoms with E-state index in [1.54, 1.807) is 18.0 Å². The molecule has 0 saturated heterocycles. The Morgan fingerprint density at radius 2 is 1.69 bits per heavy atom. The summed E-state index contributed by atoms with van der Waals surface area (Å²) in [5.41, 5.74) is 10.4. The number of likely N-dealkylation sites (N-methyl/N-ethyl adjacent to an activating group) is 1. The fourth-order valence-electron chi connectivity index (χ4n) is 3.27. The maximum absolute atomic E-state index is 12.7. The van der Waals surface area contributed by atoms with E-state index in [1.807, 2.05) is 66.7 Å². The fourth-order valence-corrected chi connectivity index (χ4v) is 3.27. The molecule has 1 heterocycles. The average molecular weight is 387 g/mol. The van der Waals surface area contributed by atoms with Gasteiger partial charge in [-0.05, 0) is 41.0 Å². The number of hydrogen-bond acceptors (Lipinski definition) is 4. The van der Waals surface area contributed by atoms with Crippen molar-refractivity contribution < 1.29 is 9.21 Å². The molecule has 0 spiro atoms. The summed E-state index contributed by atoms with van der Waals surface area (Å²) in [6.07, 6.45) is 0. The number of oxazole rings is 1. The zero-order valence-corrected chi connectivity index (χ0v) is 16.0. The Labute approximate surface area is 167 Å². The van der Waals surface area contributed by atoms with Gasteiger partial charge in [0.2, 0.25) is 5.91 Å². The van der Waals surface area contributed by atoms with Crippen LogP contribution in [0.1, 0.15) is 5.56 Å². The van der Waals surface area contributed by atoms with Crippen LogP contribution in [0, 0.1) is 0 Å². The van der Waals surface area contributed by atoms with Gasteiger partial charge in [0.15, 0.2) is 5.58 Å². The molecule has 1 amide bonds. The number of aromatic nitrogens is 1. The molecule has 146 valence electrons. The first-order valence-corrected chi connectivity index (χ1v) is 9.28. The first-order chi connectivity index (χ1) is 14.0. The molecule has 0 aliphatic heterocycles. The number of carbonyl (C=O) groups is 1. The molecule has 6 heteroatoms. The molecule has 2 N–H and O–H groups in total. The molecular weight excluding hydrogens is 366 g/mol. The molecule has 4 aromatic rings. The highest BCUT2D eigenvalue weighted by molar-refractivity contribution is 5.83. The predicted octanol–water partition coefficient (Wildman–Crippen LogP) is 3.50. The van der Waals surface area contributed by atoms with E-state index in [-0.39, 0.29) is 12.5 Å². The van der Waals surface area contributed by atoms with Gasteiger partial charge in [0.1, 0.15) is 6.54 Å². The van der Waals surface area contributed by atoms with E-state index in [9.17, 15) is 9.59 Å². The molecule has 4 rings (SSSR count). The van der Waals surface area contributed by atoms with Gasteiger partial charge in [0, 0.05) is 19.3 Å². The van der Waals surface area contributed by atoms with E-state index < -0.39 is 5.76 Å². The molecule has 6 nitrogen and oxygen atoms in total. The summed E-state index contributed by atoms with van der Waals surface area (Å²) in [6.45, 7) is 0.390. The maximum atomic E-state index is 12.7. The van der Waals surface area contributed by atoms with Crippen LogP contribution in [0.15, 0.2) is 82.0 Å². The zero-order valence-electron chi connectivity index (χ0n) is 16.0. The zero-order chi connectivity index (χ0) is 20.4. The second-order valence-corrected chi connectivity index (χ2v) is 6.99. The van der Waals surface area contributed by atoms with Crippen molar-refractivity contribution in [2.75, 3.05) is 12.8 Å². The Morgan fingerprint density at radius 1 is 1.00 bits per heavy atom. The number of nitrogens with two attached hydrogens (primary N) is 1. The summed E-state index contributed by atoms with van der Waals surface area (Å²) in [7, 11) is 1.72. The van der Waals surface area contributed by atoms with Gasteiger partial charge in [-0.1, -0.05) is 48.5 Å². The molecule has 29 heavy (non-hydrogen) atoms. The third kappa shape index (κ3) is 3.91. The maximum Gasteiger partial charge on any atom is 0.420 e. The first kappa shape index (κ1) is 18.6. The van der Waals surface area contributed by atoms with Crippen LogP contribution in [-0.4, -0.2) is 22.4 Å². The number of anilines is 1. The number of fused-ring (bicyclic) bond motifs is 1. The number of carbonyl (C=O) groups excluding carboxylic acids is 1. The molecule has 0 bridgehead atoms. The lowest BCUT2D eigenvalue weighted by Gasteiger charge is -2.17. The van der Waals surface area contributed by atoms with E-state index in [2.05, 4.69) is 0 Å². The van der Waals surface area contributed by atoms with Gasteiger partial charge >= 0.3 is 5.76 Å². The number of rotatable bonds is 5. The lowest BCUT2D eigenvalue weighted by Crippen LogP contribution is -2.32. The Balaban J connectivity index is 1.61. The van der Waals surface area contributed by atoms with Gasteiger partial charge in [0.05, 0.1) is 5.52 Å². The van der Waals surface area contributed by atoms with Crippen LogP contribution >= 0.6 is 0 Å². The quantitative estimate of drug-likeness (QED) is 0.532. The van der Waals surface area contributed by atoms with Crippen molar-refractivity contribution in [2.45, 2.75) is 13.1 Å². The summed E-state index contributed by atoms with van der Waals surface area (Å²) in [6, 6.07) is 22.7. The van der Waals surface area contributed by atoms with E-state index in [0.717, 1.165) is 16.7 Å². The second kappa shape index (κ2) is 7.67. The Kier molecular flexibility index (Phi) is 4.91. The molecule has 0 saturated carbocycles. The average Bonchev–Trinajstić information content (AvgIpc) is 3.03. The van der Waals surface area contributed by atoms with Crippen LogP contribution in [0.3, 0.4) is 0 Å². The van der Waals surface area contributed by atoms with Crippen molar-refractivity contribution in [3.63, 3.8) is 0 Å². The highest BCUT2D eigenvalue weighted by Crippen LogP contribution is 2.25. The Hall–Kier alpha value is -3.80. The molecule has 0 fully saturated rings. The van der Waals surface area contributed by atoms with E-state index in [0.29, 0.717) is 23.3 Å².